The highest BCUT2D eigenvalue weighted by Gasteiger charge is 2.32. The molecule has 2 N–H and O–H groups in total. The van der Waals surface area contributed by atoms with Gasteiger partial charge in [-0.15, -0.1) is 0 Å². The number of nitrogens with one attached hydrogen (secondary N) is 1. The highest BCUT2D eigenvalue weighted by molar-refractivity contribution is 5.76. The second-order valence-corrected chi connectivity index (χ2v) is 5.76. The monoisotopic (exact) mass is 283 g/mol. The molecule has 1 saturated carbocycles. The van der Waals surface area contributed by atoms with E-state index >= 15 is 0 Å². The molecule has 114 valence electrons. The Labute approximate surface area is 120 Å². The van der Waals surface area contributed by atoms with Crippen molar-refractivity contribution in [3.63, 3.8) is 0 Å². The van der Waals surface area contributed by atoms with Crippen molar-refractivity contribution in [3.8, 4) is 0 Å². The molecule has 20 heavy (non-hydrogen) atoms. The van der Waals surface area contributed by atoms with Crippen molar-refractivity contribution in [1.82, 2.24) is 15.1 Å². The summed E-state index contributed by atoms with van der Waals surface area (Å²) in [7, 11) is 0. The molecule has 1 unspecified atom stereocenters. The minimum Gasteiger partial charge on any atom is -0.481 e. The van der Waals surface area contributed by atoms with E-state index in [2.05, 4.69) is 10.2 Å². The molecule has 1 atom stereocenters. The minimum atomic E-state index is -0.828. The lowest BCUT2D eigenvalue weighted by molar-refractivity contribution is -0.141. The van der Waals surface area contributed by atoms with Gasteiger partial charge in [-0.25, -0.2) is 4.79 Å². The van der Waals surface area contributed by atoms with Crippen LogP contribution in [-0.2, 0) is 4.79 Å². The number of carboxylic acids is 1. The number of nitrogens with zero attached hydrogens (tertiary/aromatic N) is 2. The Kier molecular flexibility index (Phi) is 5.23. The molecule has 2 aliphatic rings. The zero-order chi connectivity index (χ0) is 14.5. The molecular weight excluding hydrogens is 258 g/mol. The first-order chi connectivity index (χ1) is 9.61. The van der Waals surface area contributed by atoms with E-state index in [1.807, 2.05) is 6.92 Å². The van der Waals surface area contributed by atoms with Gasteiger partial charge < -0.3 is 15.3 Å². The van der Waals surface area contributed by atoms with E-state index in [9.17, 15) is 9.59 Å². The highest BCUT2D eigenvalue weighted by Crippen LogP contribution is 2.27. The molecule has 2 amide bonds. The van der Waals surface area contributed by atoms with Gasteiger partial charge in [-0.05, 0) is 19.3 Å². The molecule has 2 fully saturated rings. The quantitative estimate of drug-likeness (QED) is 0.762. The maximum absolute atomic E-state index is 12.0. The van der Waals surface area contributed by atoms with Crippen molar-refractivity contribution in [2.45, 2.75) is 38.6 Å². The average Bonchev–Trinajstić information content (AvgIpc) is 3.27. The molecule has 0 bridgehead atoms. The third-order valence-electron chi connectivity index (χ3n) is 4.15. The molecule has 2 rings (SSSR count). The second kappa shape index (κ2) is 6.92. The zero-order valence-electron chi connectivity index (χ0n) is 12.2. The van der Waals surface area contributed by atoms with Crippen molar-refractivity contribution >= 4 is 12.0 Å². The first-order valence-corrected chi connectivity index (χ1v) is 7.61. The van der Waals surface area contributed by atoms with Crippen LogP contribution in [0, 0.1) is 5.92 Å². The number of carbonyl (C=O) groups is 2. The third kappa shape index (κ3) is 4.10. The van der Waals surface area contributed by atoms with E-state index in [-0.39, 0.29) is 12.6 Å². The molecule has 6 nitrogen and oxygen atoms in total. The number of hydrogen-bond acceptors (Lipinski definition) is 3. The Balaban J connectivity index is 1.70. The van der Waals surface area contributed by atoms with Gasteiger partial charge in [-0.2, -0.15) is 0 Å². The summed E-state index contributed by atoms with van der Waals surface area (Å²) in [5.41, 5.74) is 0. The summed E-state index contributed by atoms with van der Waals surface area (Å²) in [6, 6.07) is 0.629. The van der Waals surface area contributed by atoms with Gasteiger partial charge in [0, 0.05) is 38.8 Å². The standard InChI is InChI=1S/C14H25N3O3/c1-2-3-11(13(18)19)10-15-14(20)17-8-6-16(7-9-17)12-4-5-12/h11-12H,2-10H2,1H3,(H,15,20)(H,18,19). The first-order valence-electron chi connectivity index (χ1n) is 7.61. The fraction of sp³-hybridized carbons (Fsp3) is 0.857. The Bertz CT molecular complexity index is 350. The first kappa shape index (κ1) is 15.1. The predicted octanol–water partition coefficient (Wildman–Crippen LogP) is 0.977. The molecular formula is C14H25N3O3. The van der Waals surface area contributed by atoms with Crippen LogP contribution in [0.4, 0.5) is 4.79 Å². The number of carboxylic acid groups (broad SMARTS) is 1. The summed E-state index contributed by atoms with van der Waals surface area (Å²) in [4.78, 5) is 27.3. The summed E-state index contributed by atoms with van der Waals surface area (Å²) in [6.07, 6.45) is 4.00. The smallest absolute Gasteiger partial charge is 0.317 e. The fourth-order valence-electron chi connectivity index (χ4n) is 2.71. The number of piperazine rings is 1. The van der Waals surface area contributed by atoms with Crippen molar-refractivity contribution in [2.75, 3.05) is 32.7 Å². The van der Waals surface area contributed by atoms with E-state index in [1.165, 1.54) is 12.8 Å². The maximum Gasteiger partial charge on any atom is 0.317 e. The van der Waals surface area contributed by atoms with Crippen LogP contribution in [0.2, 0.25) is 0 Å². The Morgan fingerprint density at radius 3 is 2.40 bits per heavy atom. The third-order valence-corrected chi connectivity index (χ3v) is 4.15. The molecule has 0 spiro atoms. The van der Waals surface area contributed by atoms with E-state index in [0.29, 0.717) is 6.42 Å². The van der Waals surface area contributed by atoms with Crippen LogP contribution in [0.1, 0.15) is 32.6 Å². The second-order valence-electron chi connectivity index (χ2n) is 5.76. The van der Waals surface area contributed by atoms with Crippen LogP contribution in [-0.4, -0.2) is 65.7 Å². The van der Waals surface area contributed by atoms with Gasteiger partial charge in [0.1, 0.15) is 0 Å². The molecule has 0 aromatic carbocycles. The lowest BCUT2D eigenvalue weighted by atomic mass is 10.0. The summed E-state index contributed by atoms with van der Waals surface area (Å²) >= 11 is 0. The van der Waals surface area contributed by atoms with Gasteiger partial charge in [0.25, 0.3) is 0 Å². The summed E-state index contributed by atoms with van der Waals surface area (Å²) in [6.45, 7) is 5.55. The molecule has 0 aromatic heterocycles. The van der Waals surface area contributed by atoms with E-state index in [4.69, 9.17) is 5.11 Å². The average molecular weight is 283 g/mol. The Morgan fingerprint density at radius 2 is 1.90 bits per heavy atom. The summed E-state index contributed by atoms with van der Waals surface area (Å²) in [5, 5.41) is 11.8. The van der Waals surface area contributed by atoms with Crippen molar-refractivity contribution in [2.24, 2.45) is 5.92 Å². The van der Waals surface area contributed by atoms with Crippen LogP contribution in [0.25, 0.3) is 0 Å². The maximum atomic E-state index is 12.0. The molecule has 0 aromatic rings. The fourth-order valence-corrected chi connectivity index (χ4v) is 2.71. The highest BCUT2D eigenvalue weighted by atomic mass is 16.4. The number of urea groups is 1. The van der Waals surface area contributed by atoms with Crippen molar-refractivity contribution in [3.05, 3.63) is 0 Å². The van der Waals surface area contributed by atoms with Gasteiger partial charge in [-0.3, -0.25) is 9.69 Å². The van der Waals surface area contributed by atoms with Gasteiger partial charge >= 0.3 is 12.0 Å². The minimum absolute atomic E-state index is 0.122. The predicted molar refractivity (Wildman–Crippen MR) is 75.6 cm³/mol. The van der Waals surface area contributed by atoms with Crippen molar-refractivity contribution < 1.29 is 14.7 Å². The number of aliphatic carboxylic acids is 1. The SMILES string of the molecule is CCCC(CNC(=O)N1CCN(C2CC2)CC1)C(=O)O. The molecule has 0 radical (unpaired) electrons. The van der Waals surface area contributed by atoms with Gasteiger partial charge in [0.2, 0.25) is 0 Å². The van der Waals surface area contributed by atoms with Crippen molar-refractivity contribution in [1.29, 1.82) is 0 Å². The molecule has 1 heterocycles. The van der Waals surface area contributed by atoms with E-state index < -0.39 is 11.9 Å². The van der Waals surface area contributed by atoms with Gasteiger partial charge in [0.05, 0.1) is 5.92 Å². The number of hydrogen-bond donors (Lipinski definition) is 2. The van der Waals surface area contributed by atoms with Gasteiger partial charge in [-0.1, -0.05) is 13.3 Å². The van der Waals surface area contributed by atoms with Crippen LogP contribution in [0.5, 0.6) is 0 Å². The zero-order valence-corrected chi connectivity index (χ0v) is 12.2. The molecule has 1 aliphatic carbocycles. The Morgan fingerprint density at radius 1 is 1.25 bits per heavy atom. The largest absolute Gasteiger partial charge is 0.481 e. The molecule has 1 saturated heterocycles. The lowest BCUT2D eigenvalue weighted by Crippen LogP contribution is -2.53. The Hall–Kier alpha value is -1.30. The summed E-state index contributed by atoms with van der Waals surface area (Å²) in [5.74, 6) is -1.30. The van der Waals surface area contributed by atoms with Gasteiger partial charge in [0.15, 0.2) is 0 Å². The lowest BCUT2D eigenvalue weighted by Gasteiger charge is -2.34. The van der Waals surface area contributed by atoms with Crippen LogP contribution < -0.4 is 5.32 Å². The summed E-state index contributed by atoms with van der Waals surface area (Å²) < 4.78 is 0. The van der Waals surface area contributed by atoms with E-state index in [0.717, 1.165) is 38.6 Å². The molecule has 6 heteroatoms. The topological polar surface area (TPSA) is 72.9 Å². The number of rotatable bonds is 6. The van der Waals surface area contributed by atoms with Crippen LogP contribution in [0.15, 0.2) is 0 Å². The normalized spacial score (nSPS) is 21.6. The van der Waals surface area contributed by atoms with E-state index in [1.54, 1.807) is 4.90 Å². The molecule has 1 aliphatic heterocycles. The van der Waals surface area contributed by atoms with Crippen LogP contribution in [0.3, 0.4) is 0 Å². The number of amides is 2. The van der Waals surface area contributed by atoms with Crippen LogP contribution >= 0.6 is 0 Å². The number of carbonyl (C=O) groups excluding carboxylic acids is 1.